The fourth-order valence-corrected chi connectivity index (χ4v) is 4.92. The molecule has 1 fully saturated rings. The van der Waals surface area contributed by atoms with Crippen molar-refractivity contribution in [3.63, 3.8) is 0 Å². The van der Waals surface area contributed by atoms with Gasteiger partial charge in [-0.2, -0.15) is 13.2 Å². The topological polar surface area (TPSA) is 108 Å². The van der Waals surface area contributed by atoms with Crippen LogP contribution < -0.4 is 16.0 Å². The highest BCUT2D eigenvalue weighted by atomic mass is 35.5. The van der Waals surface area contributed by atoms with E-state index >= 15 is 0 Å². The highest BCUT2D eigenvalue weighted by Crippen LogP contribution is 2.37. The summed E-state index contributed by atoms with van der Waals surface area (Å²) >= 11 is 6.76. The monoisotopic (exact) mass is 500 g/mol. The predicted molar refractivity (Wildman–Crippen MR) is 113 cm³/mol. The molecule has 0 aliphatic carbocycles. The minimum absolute atomic E-state index is 0.00978. The number of imide groups is 1. The lowest BCUT2D eigenvalue weighted by atomic mass is 10.0. The summed E-state index contributed by atoms with van der Waals surface area (Å²) in [5, 5.41) is 6.74. The van der Waals surface area contributed by atoms with E-state index in [9.17, 15) is 32.3 Å². The number of hydrogen-bond donors (Lipinski definition) is 3. The fraction of sp³-hybridized carbons (Fsp3) is 0.300. The van der Waals surface area contributed by atoms with Crippen molar-refractivity contribution in [1.82, 2.24) is 15.5 Å². The molecule has 3 heterocycles. The zero-order valence-corrected chi connectivity index (χ0v) is 18.3. The molecule has 0 spiro atoms. The predicted octanol–water partition coefficient (Wildman–Crippen LogP) is 3.50. The first-order valence-electron chi connectivity index (χ1n) is 9.71. The van der Waals surface area contributed by atoms with Crippen molar-refractivity contribution in [3.05, 3.63) is 50.2 Å². The second-order valence-electron chi connectivity index (χ2n) is 7.46. The van der Waals surface area contributed by atoms with E-state index < -0.39 is 35.4 Å². The van der Waals surface area contributed by atoms with E-state index in [0.29, 0.717) is 15.3 Å². The summed E-state index contributed by atoms with van der Waals surface area (Å²) in [6, 6.07) is 3.15. The van der Waals surface area contributed by atoms with Gasteiger partial charge in [-0.15, -0.1) is 11.3 Å². The van der Waals surface area contributed by atoms with Crippen molar-refractivity contribution < 1.29 is 32.3 Å². The van der Waals surface area contributed by atoms with E-state index in [0.717, 1.165) is 23.5 Å². The molecule has 1 aromatic carbocycles. The molecule has 3 N–H and O–H groups in total. The zero-order chi connectivity index (χ0) is 23.9. The summed E-state index contributed by atoms with van der Waals surface area (Å²) in [6.07, 6.45) is -4.29. The second-order valence-corrected chi connectivity index (χ2v) is 9.04. The van der Waals surface area contributed by atoms with Gasteiger partial charge in [-0.05, 0) is 36.2 Å². The van der Waals surface area contributed by atoms with Crippen LogP contribution >= 0.6 is 22.9 Å². The van der Waals surface area contributed by atoms with Gasteiger partial charge in [0.15, 0.2) is 0 Å². The lowest BCUT2D eigenvalue weighted by molar-refractivity contribution is -0.138. The molecule has 174 valence electrons. The van der Waals surface area contributed by atoms with Gasteiger partial charge in [0.2, 0.25) is 11.8 Å². The molecular formula is C20H16ClF3N4O4S. The standard InChI is InChI=1S/C20H16ClF3N4O4S/c21-10-1-2-13(12(6-10)20(22,23)24)26-19(32)25-7-11-5-9-8-28(18(31)16(9)33-11)14-3-4-15(29)27-17(14)30/h1-2,5-6,14H,3-4,7-8H2,(H2,25,26,32)(H,27,29,30). The normalized spacial score (nSPS) is 18.2. The number of urea groups is 1. The summed E-state index contributed by atoms with van der Waals surface area (Å²) in [5.74, 6) is -1.21. The number of amides is 5. The van der Waals surface area contributed by atoms with Crippen molar-refractivity contribution in [1.29, 1.82) is 0 Å². The van der Waals surface area contributed by atoms with Crippen LogP contribution in [0.5, 0.6) is 0 Å². The van der Waals surface area contributed by atoms with Gasteiger partial charge in [0.05, 0.1) is 22.7 Å². The molecule has 1 unspecified atom stereocenters. The maximum absolute atomic E-state index is 13.2. The van der Waals surface area contributed by atoms with E-state index in [-0.39, 0.29) is 42.8 Å². The minimum atomic E-state index is -4.70. The molecule has 5 amide bonds. The average Bonchev–Trinajstić information content (AvgIpc) is 3.26. The smallest absolute Gasteiger partial charge is 0.333 e. The number of thiophene rings is 1. The number of nitrogens with one attached hydrogen (secondary N) is 3. The van der Waals surface area contributed by atoms with E-state index in [2.05, 4.69) is 16.0 Å². The number of piperidine rings is 1. The molecular weight excluding hydrogens is 485 g/mol. The largest absolute Gasteiger partial charge is 0.418 e. The summed E-state index contributed by atoms with van der Waals surface area (Å²) in [5.41, 5.74) is -0.823. The molecule has 0 bridgehead atoms. The first-order valence-corrected chi connectivity index (χ1v) is 10.9. The number of hydrogen-bond acceptors (Lipinski definition) is 5. The number of carbonyl (C=O) groups excluding carboxylic acids is 4. The first kappa shape index (κ1) is 23.1. The van der Waals surface area contributed by atoms with Crippen molar-refractivity contribution in [2.45, 2.75) is 38.1 Å². The summed E-state index contributed by atoms with van der Waals surface area (Å²) in [6.45, 7) is 0.187. The van der Waals surface area contributed by atoms with Crippen molar-refractivity contribution >= 4 is 52.4 Å². The SMILES string of the molecule is O=C1CCC(N2Cc3cc(CNC(=O)Nc4ccc(Cl)cc4C(F)(F)F)sc3C2=O)C(=O)N1. The Bertz CT molecular complexity index is 1170. The van der Waals surface area contributed by atoms with Crippen LogP contribution in [0.3, 0.4) is 0 Å². The van der Waals surface area contributed by atoms with Crippen LogP contribution in [0.4, 0.5) is 23.7 Å². The number of halogens is 4. The fourth-order valence-electron chi connectivity index (χ4n) is 3.68. The lowest BCUT2D eigenvalue weighted by Gasteiger charge is -2.29. The first-order chi connectivity index (χ1) is 15.5. The molecule has 1 aromatic heterocycles. The van der Waals surface area contributed by atoms with Crippen molar-refractivity contribution in [2.24, 2.45) is 0 Å². The number of nitrogens with zero attached hydrogens (tertiary/aromatic N) is 1. The molecule has 0 radical (unpaired) electrons. The number of rotatable bonds is 4. The lowest BCUT2D eigenvalue weighted by Crippen LogP contribution is -2.52. The van der Waals surface area contributed by atoms with Gasteiger partial charge in [-0.25, -0.2) is 4.79 Å². The molecule has 33 heavy (non-hydrogen) atoms. The van der Waals surface area contributed by atoms with Gasteiger partial charge in [0.25, 0.3) is 5.91 Å². The molecule has 0 saturated carbocycles. The second kappa shape index (κ2) is 8.67. The third-order valence-corrected chi connectivity index (χ3v) is 6.60. The molecule has 2 aromatic rings. The molecule has 1 saturated heterocycles. The molecule has 2 aliphatic rings. The Labute approximate surface area is 194 Å². The molecule has 8 nitrogen and oxygen atoms in total. The Morgan fingerprint density at radius 1 is 1.24 bits per heavy atom. The Morgan fingerprint density at radius 2 is 2.00 bits per heavy atom. The third-order valence-electron chi connectivity index (χ3n) is 5.20. The van der Waals surface area contributed by atoms with Crippen LogP contribution in [0.2, 0.25) is 5.02 Å². The van der Waals surface area contributed by atoms with Gasteiger partial charge in [0, 0.05) is 22.9 Å². The van der Waals surface area contributed by atoms with E-state index in [1.807, 2.05) is 0 Å². The summed E-state index contributed by atoms with van der Waals surface area (Å²) in [7, 11) is 0. The molecule has 4 rings (SSSR count). The molecule has 1 atom stereocenters. The van der Waals surface area contributed by atoms with Gasteiger partial charge in [-0.1, -0.05) is 11.6 Å². The maximum Gasteiger partial charge on any atom is 0.418 e. The van der Waals surface area contributed by atoms with Crippen LogP contribution in [0, 0.1) is 0 Å². The number of alkyl halides is 3. The van der Waals surface area contributed by atoms with E-state index in [1.165, 1.54) is 11.0 Å². The minimum Gasteiger partial charge on any atom is -0.333 e. The highest BCUT2D eigenvalue weighted by Gasteiger charge is 2.40. The van der Waals surface area contributed by atoms with Crippen LogP contribution in [-0.2, 0) is 28.9 Å². The summed E-state index contributed by atoms with van der Waals surface area (Å²) in [4.78, 5) is 50.7. The van der Waals surface area contributed by atoms with Crippen LogP contribution in [-0.4, -0.2) is 34.7 Å². The number of carbonyl (C=O) groups is 4. The van der Waals surface area contributed by atoms with Gasteiger partial charge in [0.1, 0.15) is 6.04 Å². The Balaban J connectivity index is 1.37. The third kappa shape index (κ3) is 4.81. The van der Waals surface area contributed by atoms with Gasteiger partial charge >= 0.3 is 12.2 Å². The summed E-state index contributed by atoms with van der Waals surface area (Å²) < 4.78 is 39.5. The Kier molecular flexibility index (Phi) is 6.06. The quantitative estimate of drug-likeness (QED) is 0.558. The Hall–Kier alpha value is -3.12. The maximum atomic E-state index is 13.2. The van der Waals surface area contributed by atoms with E-state index in [1.54, 1.807) is 6.07 Å². The highest BCUT2D eigenvalue weighted by molar-refractivity contribution is 7.14. The van der Waals surface area contributed by atoms with Crippen LogP contribution in [0.15, 0.2) is 24.3 Å². The molecule has 2 aliphatic heterocycles. The van der Waals surface area contributed by atoms with Crippen molar-refractivity contribution in [2.75, 3.05) is 5.32 Å². The zero-order valence-electron chi connectivity index (χ0n) is 16.7. The van der Waals surface area contributed by atoms with Gasteiger partial charge in [-0.3, -0.25) is 19.7 Å². The van der Waals surface area contributed by atoms with Crippen LogP contribution in [0.1, 0.15) is 38.5 Å². The van der Waals surface area contributed by atoms with Crippen molar-refractivity contribution in [3.8, 4) is 0 Å². The van der Waals surface area contributed by atoms with Crippen LogP contribution in [0.25, 0.3) is 0 Å². The number of anilines is 1. The average molecular weight is 501 g/mol. The number of fused-ring (bicyclic) bond motifs is 1. The van der Waals surface area contributed by atoms with E-state index in [4.69, 9.17) is 11.6 Å². The van der Waals surface area contributed by atoms with Gasteiger partial charge < -0.3 is 15.5 Å². The molecule has 13 heteroatoms. The number of benzene rings is 1. The Morgan fingerprint density at radius 3 is 2.67 bits per heavy atom.